The largest absolute Gasteiger partial charge is 0.497 e. The monoisotopic (exact) mass is 738 g/mol. The van der Waals surface area contributed by atoms with Crippen LogP contribution in [-0.4, -0.2) is 103 Å². The van der Waals surface area contributed by atoms with Crippen molar-refractivity contribution in [3.8, 4) is 11.5 Å². The summed E-state index contributed by atoms with van der Waals surface area (Å²) in [6.45, 7) is 12.2. The summed E-state index contributed by atoms with van der Waals surface area (Å²) < 4.78 is 35.8. The van der Waals surface area contributed by atoms with E-state index in [1.54, 1.807) is 20.2 Å². The number of ether oxygens (including phenoxy) is 3. The van der Waals surface area contributed by atoms with Crippen molar-refractivity contribution in [2.45, 2.75) is 50.9 Å². The van der Waals surface area contributed by atoms with Gasteiger partial charge in [0.2, 0.25) is 5.43 Å². The molecule has 3 unspecified atom stereocenters. The van der Waals surface area contributed by atoms with E-state index < -0.39 is 35.3 Å². The topological polar surface area (TPSA) is 118 Å². The average Bonchev–Trinajstić information content (AvgIpc) is 3.18. The van der Waals surface area contributed by atoms with Crippen LogP contribution in [0.25, 0.3) is 21.8 Å². The van der Waals surface area contributed by atoms with Crippen LogP contribution in [0.4, 0.5) is 10.1 Å². The molecule has 5 aliphatic rings. The standard InChI is InChI=1S/C41H47FN6O6/c1-6-25-20-47-12-10-26(25)17-34(47)38(28-9-11-43-33-8-7-27(52-5)18-29(28)33)54-41(51)24(3)44-40(50)31-21-48-23(2)22-53-39-35(48)30(37(31)49)19-32(42)36(39)46-15-13-45(4)14-16-46/h6-9,11,18-19,21,23-26,34,38H,1,10,12-17,20,22H2,2-5H3,(H,44,50)/t23-,24-,25?,26-,34?,38+/m0/s1. The van der Waals surface area contributed by atoms with Crippen LogP contribution in [0.3, 0.4) is 0 Å². The summed E-state index contributed by atoms with van der Waals surface area (Å²) in [5.41, 5.74) is 1.50. The Labute approximate surface area is 313 Å². The number of rotatable bonds is 9. The number of carbonyl (C=O) groups excluding carboxylic acids is 2. The number of amides is 1. The van der Waals surface area contributed by atoms with Crippen LogP contribution in [0.5, 0.6) is 11.5 Å². The summed E-state index contributed by atoms with van der Waals surface area (Å²) in [5, 5.41) is 3.59. The van der Waals surface area contributed by atoms with Gasteiger partial charge >= 0.3 is 5.97 Å². The van der Waals surface area contributed by atoms with Crippen LogP contribution < -0.4 is 25.1 Å². The minimum Gasteiger partial charge on any atom is -0.497 e. The van der Waals surface area contributed by atoms with E-state index in [0.29, 0.717) is 47.6 Å². The first-order valence-corrected chi connectivity index (χ1v) is 18.8. The number of piperazine rings is 1. The molecule has 54 heavy (non-hydrogen) atoms. The van der Waals surface area contributed by atoms with Gasteiger partial charge in [0.25, 0.3) is 5.91 Å². The molecule has 9 rings (SSSR count). The average molecular weight is 739 g/mol. The second-order valence-electron chi connectivity index (χ2n) is 15.2. The van der Waals surface area contributed by atoms with Crippen LogP contribution in [-0.2, 0) is 9.53 Å². The van der Waals surface area contributed by atoms with Crippen molar-refractivity contribution in [3.63, 3.8) is 0 Å². The Bertz CT molecular complexity index is 2200. The third kappa shape index (κ3) is 6.26. The summed E-state index contributed by atoms with van der Waals surface area (Å²) in [5.74, 6) is -0.217. The number of piperidine rings is 3. The molecule has 2 bridgehead atoms. The van der Waals surface area contributed by atoms with Gasteiger partial charge in [-0.25, -0.2) is 9.18 Å². The number of hydrogen-bond donors (Lipinski definition) is 1. The van der Waals surface area contributed by atoms with Gasteiger partial charge in [0.15, 0.2) is 11.6 Å². The summed E-state index contributed by atoms with van der Waals surface area (Å²) in [4.78, 5) is 52.9. The number of halogens is 1. The molecule has 4 aromatic rings. The Morgan fingerprint density at radius 1 is 1.13 bits per heavy atom. The predicted molar refractivity (Wildman–Crippen MR) is 204 cm³/mol. The van der Waals surface area contributed by atoms with Crippen LogP contribution in [0, 0.1) is 17.7 Å². The van der Waals surface area contributed by atoms with Crippen molar-refractivity contribution < 1.29 is 28.2 Å². The molecule has 7 atom stereocenters. The van der Waals surface area contributed by atoms with E-state index in [2.05, 4.69) is 26.7 Å². The molecule has 5 aliphatic heterocycles. The minimum absolute atomic E-state index is 0.0501. The van der Waals surface area contributed by atoms with Crippen LogP contribution >= 0.6 is 0 Å². The first-order valence-electron chi connectivity index (χ1n) is 18.8. The number of fused-ring (bicyclic) bond motifs is 4. The number of pyridine rings is 2. The van der Waals surface area contributed by atoms with Crippen molar-refractivity contribution in [3.05, 3.63) is 82.5 Å². The highest BCUT2D eigenvalue weighted by atomic mass is 19.1. The molecule has 2 aromatic carbocycles. The molecule has 2 aromatic heterocycles. The van der Waals surface area contributed by atoms with E-state index in [-0.39, 0.29) is 29.6 Å². The number of methoxy groups -OCH3 is 1. The zero-order valence-electron chi connectivity index (χ0n) is 31.2. The highest BCUT2D eigenvalue weighted by molar-refractivity contribution is 6.01. The minimum atomic E-state index is -1.11. The van der Waals surface area contributed by atoms with Crippen LogP contribution in [0.1, 0.15) is 54.8 Å². The Kier molecular flexibility index (Phi) is 9.55. The molecule has 7 heterocycles. The molecule has 1 amide bonds. The molecular weight excluding hydrogens is 691 g/mol. The second kappa shape index (κ2) is 14.3. The first kappa shape index (κ1) is 36.0. The quantitative estimate of drug-likeness (QED) is 0.191. The lowest BCUT2D eigenvalue weighted by molar-refractivity contribution is -0.159. The Morgan fingerprint density at radius 2 is 1.93 bits per heavy atom. The third-order valence-corrected chi connectivity index (χ3v) is 11.9. The lowest BCUT2D eigenvalue weighted by atomic mass is 9.73. The van der Waals surface area contributed by atoms with Gasteiger partial charge in [-0.15, -0.1) is 6.58 Å². The first-order chi connectivity index (χ1) is 26.1. The van der Waals surface area contributed by atoms with Crippen molar-refractivity contribution in [1.29, 1.82) is 0 Å². The fraction of sp³-hybridized carbons (Fsp3) is 0.463. The van der Waals surface area contributed by atoms with Gasteiger partial charge < -0.3 is 33.9 Å². The molecule has 4 fully saturated rings. The number of carbonyl (C=O) groups is 2. The fourth-order valence-electron chi connectivity index (χ4n) is 8.82. The molecule has 13 heteroatoms. The lowest BCUT2D eigenvalue weighted by Gasteiger charge is -2.51. The molecule has 0 saturated carbocycles. The summed E-state index contributed by atoms with van der Waals surface area (Å²) in [6, 6.07) is 7.27. The molecular formula is C41H47FN6O6. The zero-order valence-corrected chi connectivity index (χ0v) is 31.2. The van der Waals surface area contributed by atoms with Gasteiger partial charge in [-0.2, -0.15) is 0 Å². The molecule has 284 valence electrons. The number of nitrogens with one attached hydrogen (secondary N) is 1. The Morgan fingerprint density at radius 3 is 2.65 bits per heavy atom. The number of likely N-dealkylation sites (N-methyl/N-ethyl adjacent to an activating group) is 1. The molecule has 0 aliphatic carbocycles. The van der Waals surface area contributed by atoms with Crippen molar-refractivity contribution >= 4 is 39.4 Å². The van der Waals surface area contributed by atoms with E-state index in [1.807, 2.05) is 53.8 Å². The van der Waals surface area contributed by atoms with E-state index in [4.69, 9.17) is 14.2 Å². The van der Waals surface area contributed by atoms with Crippen molar-refractivity contribution in [2.75, 3.05) is 64.9 Å². The van der Waals surface area contributed by atoms with Crippen LogP contribution in [0.2, 0.25) is 0 Å². The molecule has 1 N–H and O–H groups in total. The van der Waals surface area contributed by atoms with E-state index in [1.165, 1.54) is 12.3 Å². The summed E-state index contributed by atoms with van der Waals surface area (Å²) >= 11 is 0. The van der Waals surface area contributed by atoms with Gasteiger partial charge in [-0.1, -0.05) is 6.08 Å². The molecule has 4 saturated heterocycles. The number of nitrogens with zero attached hydrogens (tertiary/aromatic N) is 5. The Balaban J connectivity index is 1.09. The van der Waals surface area contributed by atoms with Crippen molar-refractivity contribution in [1.82, 2.24) is 24.7 Å². The number of hydrogen-bond acceptors (Lipinski definition) is 10. The van der Waals surface area contributed by atoms with Gasteiger partial charge in [0.05, 0.1) is 35.6 Å². The summed E-state index contributed by atoms with van der Waals surface area (Å²) in [6.07, 6.45) is 6.43. The highest BCUT2D eigenvalue weighted by Gasteiger charge is 2.45. The maximum Gasteiger partial charge on any atom is 0.329 e. The zero-order chi connectivity index (χ0) is 37.8. The smallest absolute Gasteiger partial charge is 0.329 e. The van der Waals surface area contributed by atoms with Crippen molar-refractivity contribution in [2.24, 2.45) is 11.8 Å². The van der Waals surface area contributed by atoms with E-state index in [9.17, 15) is 14.4 Å². The third-order valence-electron chi connectivity index (χ3n) is 11.9. The maximum atomic E-state index is 15.9. The van der Waals surface area contributed by atoms with E-state index in [0.717, 1.165) is 55.5 Å². The maximum absolute atomic E-state index is 15.9. The summed E-state index contributed by atoms with van der Waals surface area (Å²) in [7, 11) is 3.63. The predicted octanol–water partition coefficient (Wildman–Crippen LogP) is 4.70. The Hall–Kier alpha value is -5.01. The molecule has 0 radical (unpaired) electrons. The van der Waals surface area contributed by atoms with Gasteiger partial charge in [-0.05, 0) is 82.4 Å². The number of anilines is 1. The second-order valence-corrected chi connectivity index (χ2v) is 15.2. The normalized spacial score (nSPS) is 24.8. The molecule has 0 spiro atoms. The van der Waals surface area contributed by atoms with Crippen LogP contribution in [0.15, 0.2) is 60.2 Å². The van der Waals surface area contributed by atoms with Gasteiger partial charge in [0, 0.05) is 56.1 Å². The van der Waals surface area contributed by atoms with E-state index >= 15 is 4.39 Å². The van der Waals surface area contributed by atoms with Gasteiger partial charge in [-0.3, -0.25) is 19.5 Å². The number of esters is 1. The lowest BCUT2D eigenvalue weighted by Crippen LogP contribution is -2.55. The van der Waals surface area contributed by atoms with Gasteiger partial charge in [0.1, 0.15) is 35.8 Å². The molecule has 12 nitrogen and oxygen atoms in total. The number of aromatic nitrogens is 2. The highest BCUT2D eigenvalue weighted by Crippen LogP contribution is 2.45. The number of benzene rings is 2. The SMILES string of the molecule is C=CC1CN2CC[C@H]1CC2[C@H](OC(=O)[C@H](C)NC(=O)c1cn2c3c(c(N4CCN(C)CC4)c(F)cc3c1=O)OC[C@@H]2C)c1ccnc2ccc(OC)cc12. The fourth-order valence-corrected chi connectivity index (χ4v) is 8.82.